The molecule has 2 fully saturated rings. The highest BCUT2D eigenvalue weighted by Crippen LogP contribution is 2.38. The number of amidine groups is 1. The van der Waals surface area contributed by atoms with Crippen LogP contribution in [0.5, 0.6) is 5.75 Å². The van der Waals surface area contributed by atoms with Crippen LogP contribution in [0.2, 0.25) is 0 Å². The second kappa shape index (κ2) is 10.8. The lowest BCUT2D eigenvalue weighted by atomic mass is 9.83. The van der Waals surface area contributed by atoms with Crippen molar-refractivity contribution in [2.75, 3.05) is 18.6 Å². The molecule has 1 atom stereocenters. The minimum absolute atomic E-state index is 0.0968. The maximum atomic E-state index is 13.6. The molecule has 1 aliphatic carbocycles. The maximum absolute atomic E-state index is 13.6. The molecule has 0 radical (unpaired) electrons. The molecule has 2 aliphatic heterocycles. The summed E-state index contributed by atoms with van der Waals surface area (Å²) in [6.07, 6.45) is 3.43. The topological polar surface area (TPSA) is 109 Å². The van der Waals surface area contributed by atoms with E-state index in [2.05, 4.69) is 37.7 Å². The summed E-state index contributed by atoms with van der Waals surface area (Å²) in [5.74, 6) is 6.58. The molecule has 0 spiro atoms. The molecule has 0 aromatic carbocycles. The predicted molar refractivity (Wildman–Crippen MR) is 144 cm³/mol. The summed E-state index contributed by atoms with van der Waals surface area (Å²) in [5.41, 5.74) is 2.45. The van der Waals surface area contributed by atoms with Crippen molar-refractivity contribution in [2.24, 2.45) is 16.4 Å². The number of aromatic nitrogens is 2. The van der Waals surface area contributed by atoms with Crippen molar-refractivity contribution in [3.63, 3.8) is 0 Å². The van der Waals surface area contributed by atoms with Crippen molar-refractivity contribution in [3.8, 4) is 28.7 Å². The van der Waals surface area contributed by atoms with Crippen LogP contribution in [0.3, 0.4) is 0 Å². The first-order valence-electron chi connectivity index (χ1n) is 12.6. The van der Waals surface area contributed by atoms with Gasteiger partial charge in [-0.15, -0.1) is 0 Å². The fourth-order valence-corrected chi connectivity index (χ4v) is 5.12. The third-order valence-corrected chi connectivity index (χ3v) is 7.65. The Bertz CT molecular complexity index is 1400. The second-order valence-corrected chi connectivity index (χ2v) is 11.3. The molecule has 2 aromatic rings. The molecular weight excluding hydrogens is 526 g/mol. The number of piperidine rings is 1. The number of nitrogens with zero attached hydrogens (tertiary/aromatic N) is 4. The number of carbonyl (C=O) groups is 2. The smallest absolute Gasteiger partial charge is 0.280 e. The fraction of sp³-hybridized carbons (Fsp3) is 0.444. The van der Waals surface area contributed by atoms with Gasteiger partial charge in [-0.05, 0) is 49.6 Å². The highest BCUT2D eigenvalue weighted by atomic mass is 32.2. The number of carbonyl (C=O) groups excluding carboxylic acids is 2. The van der Waals surface area contributed by atoms with Gasteiger partial charge in [0.25, 0.3) is 12.3 Å². The number of ether oxygens (including phenoxy) is 1. The Labute approximate surface area is 229 Å². The quantitative estimate of drug-likeness (QED) is 0.530. The van der Waals surface area contributed by atoms with Gasteiger partial charge in [0.15, 0.2) is 10.5 Å². The average molecular weight is 555 g/mol. The van der Waals surface area contributed by atoms with E-state index in [1.807, 2.05) is 13.8 Å². The second-order valence-electron chi connectivity index (χ2n) is 10.2. The lowest BCUT2D eigenvalue weighted by molar-refractivity contribution is -0.128. The van der Waals surface area contributed by atoms with E-state index < -0.39 is 23.4 Å². The summed E-state index contributed by atoms with van der Waals surface area (Å²) in [5, 5.41) is 6.96. The van der Waals surface area contributed by atoms with E-state index in [0.717, 1.165) is 25.7 Å². The van der Waals surface area contributed by atoms with Crippen molar-refractivity contribution in [1.82, 2.24) is 20.7 Å². The van der Waals surface area contributed by atoms with Crippen LogP contribution in [0, 0.1) is 23.2 Å². The number of amides is 2. The maximum Gasteiger partial charge on any atom is 0.280 e. The molecular formula is C27H28F2N6O3S. The van der Waals surface area contributed by atoms with Gasteiger partial charge in [0.05, 0.1) is 18.9 Å². The SMILES string of the molecule is COc1cnc(C(F)F)cc1-c1cc(N2CCCC(C)(C)C2=O)ncc1C(=O)NC1=NNC(C#CC2CC2)S1. The number of hydrogen-bond donors (Lipinski definition) is 2. The van der Waals surface area contributed by atoms with Crippen LogP contribution in [-0.4, -0.2) is 46.0 Å². The summed E-state index contributed by atoms with van der Waals surface area (Å²) >= 11 is 1.27. The standard InChI is InChI=1S/C27H28F2N6O3S/c1-27(2)9-4-10-35(25(27)37)21-12-16(17-11-19(23(28)29)30-14-20(17)38-3)18(13-31-21)24(36)32-26-34-33-22(39-26)8-7-15-5-6-15/h11-15,22-23,33H,4-6,9-10H2,1-3H3,(H,32,34,36). The third-order valence-electron chi connectivity index (χ3n) is 6.77. The van der Waals surface area contributed by atoms with Crippen molar-refractivity contribution in [1.29, 1.82) is 0 Å². The number of nitrogens with one attached hydrogen (secondary N) is 2. The molecule has 0 bridgehead atoms. The van der Waals surface area contributed by atoms with E-state index >= 15 is 0 Å². The number of anilines is 1. The molecule has 1 saturated heterocycles. The van der Waals surface area contributed by atoms with Crippen LogP contribution in [0.25, 0.3) is 11.1 Å². The van der Waals surface area contributed by atoms with Gasteiger partial charge in [-0.2, -0.15) is 5.10 Å². The molecule has 39 heavy (non-hydrogen) atoms. The Hall–Kier alpha value is -3.72. The first-order chi connectivity index (χ1) is 18.7. The normalized spacial score (nSPS) is 20.2. The van der Waals surface area contributed by atoms with E-state index in [9.17, 15) is 18.4 Å². The number of hydrogen-bond acceptors (Lipinski definition) is 8. The van der Waals surface area contributed by atoms with Gasteiger partial charge in [0.2, 0.25) is 5.91 Å². The van der Waals surface area contributed by atoms with Gasteiger partial charge in [0.1, 0.15) is 17.3 Å². The van der Waals surface area contributed by atoms with E-state index in [1.165, 1.54) is 37.3 Å². The average Bonchev–Trinajstić information content (AvgIpc) is 3.65. The minimum Gasteiger partial charge on any atom is -0.494 e. The Kier molecular flexibility index (Phi) is 7.44. The lowest BCUT2D eigenvalue weighted by Gasteiger charge is -2.36. The summed E-state index contributed by atoms with van der Waals surface area (Å²) in [7, 11) is 1.39. The van der Waals surface area contributed by atoms with Crippen LogP contribution < -0.4 is 20.4 Å². The molecule has 2 aromatic heterocycles. The van der Waals surface area contributed by atoms with E-state index in [4.69, 9.17) is 4.74 Å². The number of pyridine rings is 2. The Morgan fingerprint density at radius 1 is 1.23 bits per heavy atom. The molecule has 2 N–H and O–H groups in total. The van der Waals surface area contributed by atoms with Crippen LogP contribution in [0.15, 0.2) is 29.6 Å². The van der Waals surface area contributed by atoms with Crippen molar-refractivity contribution < 1.29 is 23.1 Å². The highest BCUT2D eigenvalue weighted by molar-refractivity contribution is 8.14. The summed E-state index contributed by atoms with van der Waals surface area (Å²) in [6.45, 7) is 4.21. The van der Waals surface area contributed by atoms with E-state index in [1.54, 1.807) is 11.0 Å². The zero-order valence-electron chi connectivity index (χ0n) is 21.8. The summed E-state index contributed by atoms with van der Waals surface area (Å²) in [4.78, 5) is 36.4. The van der Waals surface area contributed by atoms with Gasteiger partial charge >= 0.3 is 0 Å². The van der Waals surface area contributed by atoms with E-state index in [0.29, 0.717) is 23.4 Å². The Balaban J connectivity index is 1.50. The third kappa shape index (κ3) is 5.83. The van der Waals surface area contributed by atoms with Crippen molar-refractivity contribution >= 4 is 34.6 Å². The molecule has 204 valence electrons. The number of hydrazone groups is 1. The molecule has 4 heterocycles. The monoisotopic (exact) mass is 554 g/mol. The molecule has 1 saturated carbocycles. The highest BCUT2D eigenvalue weighted by Gasteiger charge is 2.37. The molecule has 2 amide bonds. The molecule has 9 nitrogen and oxygen atoms in total. The number of rotatable bonds is 5. The Morgan fingerprint density at radius 3 is 2.74 bits per heavy atom. The van der Waals surface area contributed by atoms with Crippen LogP contribution >= 0.6 is 11.8 Å². The zero-order chi connectivity index (χ0) is 27.7. The molecule has 1 unspecified atom stereocenters. The molecule has 3 aliphatic rings. The number of halogens is 2. The number of alkyl halides is 2. The zero-order valence-corrected chi connectivity index (χ0v) is 22.6. The van der Waals surface area contributed by atoms with Crippen molar-refractivity contribution in [3.05, 3.63) is 35.8 Å². The number of thioether (sulfide) groups is 1. The van der Waals surface area contributed by atoms with Crippen LogP contribution in [0.1, 0.15) is 62.0 Å². The largest absolute Gasteiger partial charge is 0.494 e. The van der Waals surface area contributed by atoms with Gasteiger partial charge in [-0.3, -0.25) is 30.2 Å². The Morgan fingerprint density at radius 2 is 2.03 bits per heavy atom. The first-order valence-corrected chi connectivity index (χ1v) is 13.5. The van der Waals surface area contributed by atoms with Gasteiger partial charge in [0, 0.05) is 35.2 Å². The predicted octanol–water partition coefficient (Wildman–Crippen LogP) is 4.32. The van der Waals surface area contributed by atoms with Crippen molar-refractivity contribution in [2.45, 2.75) is 51.3 Å². The van der Waals surface area contributed by atoms with Gasteiger partial charge in [-0.25, -0.2) is 13.8 Å². The van der Waals surface area contributed by atoms with Gasteiger partial charge in [-0.1, -0.05) is 25.7 Å². The summed E-state index contributed by atoms with van der Waals surface area (Å²) in [6, 6.07) is 2.75. The van der Waals surface area contributed by atoms with Crippen LogP contribution in [-0.2, 0) is 4.79 Å². The summed E-state index contributed by atoms with van der Waals surface area (Å²) < 4.78 is 32.6. The fourth-order valence-electron chi connectivity index (χ4n) is 4.41. The van der Waals surface area contributed by atoms with Gasteiger partial charge < -0.3 is 4.74 Å². The number of methoxy groups -OCH3 is 1. The lowest BCUT2D eigenvalue weighted by Crippen LogP contribution is -2.46. The molecule has 12 heteroatoms. The first kappa shape index (κ1) is 26.9. The molecule has 5 rings (SSSR count). The van der Waals surface area contributed by atoms with E-state index in [-0.39, 0.29) is 33.7 Å². The van der Waals surface area contributed by atoms with Crippen LogP contribution in [0.4, 0.5) is 14.6 Å². The minimum atomic E-state index is -2.83.